The van der Waals surface area contributed by atoms with E-state index in [4.69, 9.17) is 0 Å². The van der Waals surface area contributed by atoms with Crippen molar-refractivity contribution in [2.24, 2.45) is 0 Å². The molecule has 0 aliphatic heterocycles. The molecule has 3 aromatic rings. The average Bonchev–Trinajstić information content (AvgIpc) is 2.69. The summed E-state index contributed by atoms with van der Waals surface area (Å²) in [5.74, 6) is -0.298. The predicted molar refractivity (Wildman–Crippen MR) is 105 cm³/mol. The van der Waals surface area contributed by atoms with Crippen LogP contribution in [0.2, 0.25) is 4.82 Å². The first-order valence-corrected chi connectivity index (χ1v) is 11.6. The van der Waals surface area contributed by atoms with Gasteiger partial charge in [-0.15, -0.1) is 0 Å². The van der Waals surface area contributed by atoms with Crippen molar-refractivity contribution in [3.63, 3.8) is 0 Å². The van der Waals surface area contributed by atoms with Crippen LogP contribution >= 0.6 is 0 Å². The zero-order chi connectivity index (χ0) is 18.4. The zero-order valence-corrected chi connectivity index (χ0v) is 16.5. The van der Waals surface area contributed by atoms with E-state index >= 15 is 0 Å². The molecule has 3 rings (SSSR count). The molecule has 0 radical (unpaired) electrons. The zero-order valence-electron chi connectivity index (χ0n) is 14.0. The molecule has 132 valence electrons. The van der Waals surface area contributed by atoms with Gasteiger partial charge in [-0.05, 0) is 0 Å². The molecule has 0 aromatic heterocycles. The van der Waals surface area contributed by atoms with Crippen LogP contribution in [0.15, 0.2) is 95.9 Å². The maximum atomic E-state index is 13.0. The Morgan fingerprint density at radius 3 is 1.85 bits per heavy atom. The third kappa shape index (κ3) is 4.70. The molecular formula is C21H18O3SSe. The summed E-state index contributed by atoms with van der Waals surface area (Å²) in [5.41, 5.74) is 0.554. The van der Waals surface area contributed by atoms with Gasteiger partial charge in [-0.2, -0.15) is 0 Å². The molecule has 0 fully saturated rings. The SMILES string of the molecule is O=C(c1ccccc1)C(CS(=O)(=O)c1ccccc1)[Se]c1ccccc1. The van der Waals surface area contributed by atoms with Crippen LogP contribution in [0.3, 0.4) is 0 Å². The van der Waals surface area contributed by atoms with Crippen molar-refractivity contribution in [2.75, 3.05) is 5.75 Å². The van der Waals surface area contributed by atoms with Crippen LogP contribution in [-0.2, 0) is 9.84 Å². The number of hydrogen-bond acceptors (Lipinski definition) is 3. The standard InChI is InChI=1S/C21H18O3SSe/c22-21(17-10-4-1-5-11-17)20(26-19-14-8-3-9-15-19)16-25(23,24)18-12-6-2-7-13-18/h1-15,20H,16H2. The summed E-state index contributed by atoms with van der Waals surface area (Å²) in [5, 5.41) is 0. The Bertz CT molecular complexity index is 956. The van der Waals surface area contributed by atoms with Crippen LogP contribution in [0, 0.1) is 0 Å². The predicted octanol–water partition coefficient (Wildman–Crippen LogP) is 3.16. The van der Waals surface area contributed by atoms with Crippen molar-refractivity contribution in [3.8, 4) is 0 Å². The summed E-state index contributed by atoms with van der Waals surface area (Å²) in [6.07, 6.45) is 0. The molecule has 26 heavy (non-hydrogen) atoms. The Balaban J connectivity index is 1.91. The molecule has 5 heteroatoms. The normalized spacial score (nSPS) is 12.5. The molecule has 0 aliphatic rings. The molecule has 0 saturated heterocycles. The molecule has 0 spiro atoms. The molecule has 3 nitrogen and oxygen atoms in total. The van der Waals surface area contributed by atoms with Gasteiger partial charge in [0, 0.05) is 0 Å². The molecule has 0 bridgehead atoms. The van der Waals surface area contributed by atoms with Gasteiger partial charge in [0.25, 0.3) is 0 Å². The Morgan fingerprint density at radius 2 is 1.27 bits per heavy atom. The first kappa shape index (κ1) is 18.6. The fourth-order valence-corrected chi connectivity index (χ4v) is 7.34. The molecule has 0 N–H and O–H groups in total. The minimum atomic E-state index is -3.54. The van der Waals surface area contributed by atoms with E-state index in [0.717, 1.165) is 4.46 Å². The molecule has 0 aliphatic carbocycles. The van der Waals surface area contributed by atoms with Crippen molar-refractivity contribution in [1.29, 1.82) is 0 Å². The Hall–Kier alpha value is -2.20. The van der Waals surface area contributed by atoms with Crippen molar-refractivity contribution in [2.45, 2.75) is 9.71 Å². The number of hydrogen-bond donors (Lipinski definition) is 0. The van der Waals surface area contributed by atoms with Crippen LogP contribution < -0.4 is 4.46 Å². The molecule has 0 heterocycles. The fraction of sp³-hybridized carbons (Fsp3) is 0.0952. The average molecular weight is 429 g/mol. The van der Waals surface area contributed by atoms with Gasteiger partial charge < -0.3 is 0 Å². The summed E-state index contributed by atoms with van der Waals surface area (Å²) in [4.78, 5) is 12.7. The summed E-state index contributed by atoms with van der Waals surface area (Å²) in [6.45, 7) is 0. The third-order valence-electron chi connectivity index (χ3n) is 3.85. The Morgan fingerprint density at radius 1 is 0.769 bits per heavy atom. The summed E-state index contributed by atoms with van der Waals surface area (Å²) in [7, 11) is -3.54. The van der Waals surface area contributed by atoms with Crippen LogP contribution in [-0.4, -0.2) is 34.9 Å². The van der Waals surface area contributed by atoms with Crippen molar-refractivity contribution in [1.82, 2.24) is 0 Å². The van der Waals surface area contributed by atoms with E-state index in [1.54, 1.807) is 54.6 Å². The van der Waals surface area contributed by atoms with Gasteiger partial charge in [0.05, 0.1) is 0 Å². The van der Waals surface area contributed by atoms with E-state index < -0.39 is 14.7 Å². The van der Waals surface area contributed by atoms with Crippen molar-refractivity contribution >= 4 is 35.0 Å². The molecule has 1 unspecified atom stereocenters. The van der Waals surface area contributed by atoms with Crippen molar-refractivity contribution in [3.05, 3.63) is 96.6 Å². The number of rotatable bonds is 7. The number of Topliss-reactive ketones (excluding diaryl/α,β-unsaturated/α-hetero) is 1. The number of benzene rings is 3. The fourth-order valence-electron chi connectivity index (χ4n) is 2.54. The van der Waals surface area contributed by atoms with Gasteiger partial charge >= 0.3 is 160 Å². The number of sulfone groups is 1. The van der Waals surface area contributed by atoms with Gasteiger partial charge in [-0.3, -0.25) is 0 Å². The molecule has 0 saturated carbocycles. The van der Waals surface area contributed by atoms with E-state index in [-0.39, 0.29) is 31.4 Å². The Labute approximate surface area is 160 Å². The van der Waals surface area contributed by atoms with Crippen LogP contribution in [0.5, 0.6) is 0 Å². The third-order valence-corrected chi connectivity index (χ3v) is 8.62. The van der Waals surface area contributed by atoms with Crippen LogP contribution in [0.25, 0.3) is 0 Å². The van der Waals surface area contributed by atoms with E-state index in [1.807, 2.05) is 36.4 Å². The molecular weight excluding hydrogens is 411 g/mol. The van der Waals surface area contributed by atoms with Gasteiger partial charge in [-0.1, -0.05) is 0 Å². The minimum absolute atomic E-state index is 0.117. The van der Waals surface area contributed by atoms with Crippen molar-refractivity contribution < 1.29 is 13.2 Å². The summed E-state index contributed by atoms with van der Waals surface area (Å²) < 4.78 is 26.7. The van der Waals surface area contributed by atoms with Gasteiger partial charge in [0.2, 0.25) is 0 Å². The van der Waals surface area contributed by atoms with Gasteiger partial charge in [-0.25, -0.2) is 0 Å². The summed E-state index contributed by atoms with van der Waals surface area (Å²) in [6, 6.07) is 26.9. The number of carbonyl (C=O) groups is 1. The second-order valence-corrected chi connectivity index (χ2v) is 10.5. The van der Waals surface area contributed by atoms with E-state index in [0.29, 0.717) is 5.56 Å². The summed E-state index contributed by atoms with van der Waals surface area (Å²) >= 11 is -0.282. The topological polar surface area (TPSA) is 51.2 Å². The Kier molecular flexibility index (Phi) is 6.04. The van der Waals surface area contributed by atoms with E-state index in [2.05, 4.69) is 0 Å². The van der Waals surface area contributed by atoms with Crippen LogP contribution in [0.1, 0.15) is 10.4 Å². The van der Waals surface area contributed by atoms with Crippen LogP contribution in [0.4, 0.5) is 0 Å². The monoisotopic (exact) mass is 430 g/mol. The first-order chi connectivity index (χ1) is 12.6. The quantitative estimate of drug-likeness (QED) is 0.428. The van der Waals surface area contributed by atoms with E-state index in [1.165, 1.54) is 0 Å². The second-order valence-electron chi connectivity index (χ2n) is 5.74. The maximum absolute atomic E-state index is 13.0. The number of ketones is 1. The molecule has 1 atom stereocenters. The van der Waals surface area contributed by atoms with Gasteiger partial charge in [0.15, 0.2) is 0 Å². The van der Waals surface area contributed by atoms with Gasteiger partial charge in [0.1, 0.15) is 0 Å². The second kappa shape index (κ2) is 8.45. The van der Waals surface area contributed by atoms with E-state index in [9.17, 15) is 13.2 Å². The molecule has 0 amide bonds. The number of carbonyl (C=O) groups excluding carboxylic acids is 1. The molecule has 3 aromatic carbocycles. The first-order valence-electron chi connectivity index (χ1n) is 8.15.